The topological polar surface area (TPSA) is 64.3 Å². The van der Waals surface area contributed by atoms with Gasteiger partial charge in [-0.25, -0.2) is 0 Å². The van der Waals surface area contributed by atoms with Crippen molar-refractivity contribution in [3.63, 3.8) is 0 Å². The second-order valence-corrected chi connectivity index (χ2v) is 4.40. The number of benzene rings is 1. The van der Waals surface area contributed by atoms with Gasteiger partial charge in [-0.15, -0.1) is 12.4 Å². The summed E-state index contributed by atoms with van der Waals surface area (Å²) in [5.41, 5.74) is 7.58. The Bertz CT molecular complexity index is 410. The fourth-order valence-corrected chi connectivity index (χ4v) is 1.56. The molecule has 0 fully saturated rings. The molecule has 1 atom stereocenters. The summed E-state index contributed by atoms with van der Waals surface area (Å²) in [5.74, 6) is 0.643. The molecule has 1 aromatic rings. The lowest BCUT2D eigenvalue weighted by molar-refractivity contribution is -0.124. The van der Waals surface area contributed by atoms with E-state index >= 15 is 0 Å². The summed E-state index contributed by atoms with van der Waals surface area (Å²) >= 11 is 0. The summed E-state index contributed by atoms with van der Waals surface area (Å²) in [6.07, 6.45) is 0. The van der Waals surface area contributed by atoms with Gasteiger partial charge in [-0.3, -0.25) is 4.79 Å². The smallest absolute Gasteiger partial charge is 0.224 e. The lowest BCUT2D eigenvalue weighted by atomic mass is 10.1. The van der Waals surface area contributed by atoms with Crippen LogP contribution in [0.5, 0.6) is 5.75 Å². The van der Waals surface area contributed by atoms with Gasteiger partial charge in [0.2, 0.25) is 5.91 Å². The van der Waals surface area contributed by atoms with E-state index in [1.807, 2.05) is 39.0 Å². The molecule has 0 aliphatic heterocycles. The number of ether oxygens (including phenoxy) is 1. The fourth-order valence-electron chi connectivity index (χ4n) is 1.56. The summed E-state index contributed by atoms with van der Waals surface area (Å²) in [5, 5.41) is 2.87. The molecule has 4 nitrogen and oxygen atoms in total. The lowest BCUT2D eigenvalue weighted by Gasteiger charge is -2.13. The van der Waals surface area contributed by atoms with E-state index in [0.717, 1.165) is 16.9 Å². The predicted molar refractivity (Wildman–Crippen MR) is 79.7 cm³/mol. The molecule has 1 unspecified atom stereocenters. The van der Waals surface area contributed by atoms with Gasteiger partial charge in [0, 0.05) is 24.6 Å². The highest BCUT2D eigenvalue weighted by atomic mass is 35.5. The van der Waals surface area contributed by atoms with Crippen LogP contribution >= 0.6 is 12.4 Å². The van der Waals surface area contributed by atoms with E-state index in [9.17, 15) is 4.79 Å². The molecule has 0 saturated heterocycles. The monoisotopic (exact) mass is 286 g/mol. The van der Waals surface area contributed by atoms with E-state index < -0.39 is 0 Å². The first kappa shape index (κ1) is 17.7. The zero-order chi connectivity index (χ0) is 13.5. The van der Waals surface area contributed by atoms with Gasteiger partial charge in [0.1, 0.15) is 5.75 Å². The first-order valence-corrected chi connectivity index (χ1v) is 6.28. The number of carbonyl (C=O) groups is 1. The molecule has 0 spiro atoms. The van der Waals surface area contributed by atoms with Crippen LogP contribution in [-0.2, 0) is 11.3 Å². The molecule has 0 aliphatic rings. The average molecular weight is 287 g/mol. The summed E-state index contributed by atoms with van der Waals surface area (Å²) in [6.45, 7) is 7.22. The maximum Gasteiger partial charge on any atom is 0.224 e. The van der Waals surface area contributed by atoms with Crippen molar-refractivity contribution in [3.05, 3.63) is 29.3 Å². The molecule has 5 heteroatoms. The fraction of sp³-hybridized carbons (Fsp3) is 0.500. The predicted octanol–water partition coefficient (Wildman–Crippen LogP) is 2.03. The maximum atomic E-state index is 11.7. The van der Waals surface area contributed by atoms with Gasteiger partial charge in [-0.05, 0) is 25.5 Å². The van der Waals surface area contributed by atoms with Crippen molar-refractivity contribution in [3.8, 4) is 5.75 Å². The van der Waals surface area contributed by atoms with E-state index in [1.165, 1.54) is 0 Å². The number of amides is 1. The number of carbonyl (C=O) groups excluding carboxylic acids is 1. The zero-order valence-corrected chi connectivity index (χ0v) is 12.5. The molecule has 1 rings (SSSR count). The van der Waals surface area contributed by atoms with E-state index in [-0.39, 0.29) is 24.2 Å². The largest absolute Gasteiger partial charge is 0.494 e. The van der Waals surface area contributed by atoms with Gasteiger partial charge in [-0.2, -0.15) is 0 Å². The van der Waals surface area contributed by atoms with Crippen molar-refractivity contribution in [2.45, 2.75) is 27.3 Å². The van der Waals surface area contributed by atoms with E-state index in [0.29, 0.717) is 19.7 Å². The van der Waals surface area contributed by atoms with Crippen LogP contribution in [0.4, 0.5) is 0 Å². The third kappa shape index (κ3) is 5.49. The summed E-state index contributed by atoms with van der Waals surface area (Å²) in [6, 6.07) is 5.97. The normalized spacial score (nSPS) is 11.4. The number of halogens is 1. The van der Waals surface area contributed by atoms with E-state index in [4.69, 9.17) is 10.5 Å². The van der Waals surface area contributed by atoms with Gasteiger partial charge in [0.05, 0.1) is 6.61 Å². The van der Waals surface area contributed by atoms with Gasteiger partial charge in [-0.1, -0.05) is 19.1 Å². The Morgan fingerprint density at radius 3 is 2.74 bits per heavy atom. The van der Waals surface area contributed by atoms with E-state index in [2.05, 4.69) is 5.32 Å². The van der Waals surface area contributed by atoms with Crippen LogP contribution in [0.15, 0.2) is 18.2 Å². The number of nitrogens with one attached hydrogen (secondary N) is 1. The molecular formula is C14H23ClN2O2. The number of aryl methyl sites for hydroxylation is 1. The molecule has 0 bridgehead atoms. The van der Waals surface area contributed by atoms with E-state index in [1.54, 1.807) is 0 Å². The molecular weight excluding hydrogens is 264 g/mol. The highest BCUT2D eigenvalue weighted by Gasteiger charge is 2.11. The molecule has 0 saturated carbocycles. The number of hydrogen-bond acceptors (Lipinski definition) is 3. The van der Waals surface area contributed by atoms with Crippen LogP contribution in [-0.4, -0.2) is 19.1 Å². The Morgan fingerprint density at radius 1 is 1.47 bits per heavy atom. The van der Waals surface area contributed by atoms with Crippen molar-refractivity contribution in [1.82, 2.24) is 5.32 Å². The van der Waals surface area contributed by atoms with Crippen molar-refractivity contribution in [2.24, 2.45) is 11.7 Å². The Balaban J connectivity index is 0.00000324. The molecule has 1 aromatic carbocycles. The highest BCUT2D eigenvalue weighted by Crippen LogP contribution is 2.20. The maximum absolute atomic E-state index is 11.7. The van der Waals surface area contributed by atoms with Gasteiger partial charge >= 0.3 is 0 Å². The second-order valence-electron chi connectivity index (χ2n) is 4.40. The molecule has 108 valence electrons. The number of rotatable bonds is 6. The molecule has 0 aliphatic carbocycles. The van der Waals surface area contributed by atoms with Gasteiger partial charge in [0.25, 0.3) is 0 Å². The molecule has 0 radical (unpaired) electrons. The van der Waals surface area contributed by atoms with Crippen LogP contribution in [0.2, 0.25) is 0 Å². The zero-order valence-electron chi connectivity index (χ0n) is 11.7. The quantitative estimate of drug-likeness (QED) is 0.841. The standard InChI is InChI=1S/C14H22N2O2.ClH/c1-4-18-13-7-10(2)5-6-12(13)9-16-14(17)11(3)8-15;/h5-7,11H,4,8-9,15H2,1-3H3,(H,16,17);1H. The molecule has 1 amide bonds. The molecule has 3 N–H and O–H groups in total. The first-order valence-electron chi connectivity index (χ1n) is 6.28. The van der Waals surface area contributed by atoms with Crippen molar-refractivity contribution >= 4 is 18.3 Å². The summed E-state index contributed by atoms with van der Waals surface area (Å²) in [4.78, 5) is 11.7. The van der Waals surface area contributed by atoms with Crippen LogP contribution in [0.25, 0.3) is 0 Å². The highest BCUT2D eigenvalue weighted by molar-refractivity contribution is 5.85. The van der Waals surface area contributed by atoms with Crippen molar-refractivity contribution < 1.29 is 9.53 Å². The number of hydrogen-bond donors (Lipinski definition) is 2. The second kappa shape index (κ2) is 8.77. The van der Waals surface area contributed by atoms with Gasteiger partial charge in [0.15, 0.2) is 0 Å². The first-order chi connectivity index (χ1) is 8.58. The molecule has 0 heterocycles. The number of nitrogens with two attached hydrogens (primary N) is 1. The summed E-state index contributed by atoms with van der Waals surface area (Å²) in [7, 11) is 0. The Labute approximate surface area is 121 Å². The van der Waals surface area contributed by atoms with Crippen molar-refractivity contribution in [1.29, 1.82) is 0 Å². The van der Waals surface area contributed by atoms with Crippen LogP contribution < -0.4 is 15.8 Å². The average Bonchev–Trinajstić information content (AvgIpc) is 2.37. The SMILES string of the molecule is CCOc1cc(C)ccc1CNC(=O)C(C)CN.Cl. The van der Waals surface area contributed by atoms with Gasteiger partial charge < -0.3 is 15.8 Å². The minimum atomic E-state index is -0.161. The molecule has 0 aromatic heterocycles. The lowest BCUT2D eigenvalue weighted by Crippen LogP contribution is -2.32. The Hall–Kier alpha value is -1.26. The van der Waals surface area contributed by atoms with Crippen LogP contribution in [0.3, 0.4) is 0 Å². The minimum Gasteiger partial charge on any atom is -0.494 e. The molecule has 19 heavy (non-hydrogen) atoms. The Morgan fingerprint density at radius 2 is 2.16 bits per heavy atom. The van der Waals surface area contributed by atoms with Crippen molar-refractivity contribution in [2.75, 3.05) is 13.2 Å². The summed E-state index contributed by atoms with van der Waals surface area (Å²) < 4.78 is 5.56. The third-order valence-electron chi connectivity index (χ3n) is 2.78. The van der Waals surface area contributed by atoms with Crippen LogP contribution in [0.1, 0.15) is 25.0 Å². The minimum absolute atomic E-state index is 0. The third-order valence-corrected chi connectivity index (χ3v) is 2.78. The van der Waals surface area contributed by atoms with Crippen LogP contribution in [0, 0.1) is 12.8 Å². The Kier molecular flexibility index (Phi) is 8.19.